The number of halogens is 3. The van der Waals surface area contributed by atoms with Crippen molar-refractivity contribution in [1.29, 1.82) is 0 Å². The molecule has 2 saturated heterocycles. The fourth-order valence-electron chi connectivity index (χ4n) is 4.53. The van der Waals surface area contributed by atoms with E-state index in [2.05, 4.69) is 14.9 Å². The molecule has 3 fully saturated rings. The average Bonchev–Trinajstić information content (AvgIpc) is 3.04. The van der Waals surface area contributed by atoms with Gasteiger partial charge in [-0.15, -0.1) is 0 Å². The molecule has 1 N–H and O–H groups in total. The van der Waals surface area contributed by atoms with Crippen molar-refractivity contribution in [3.05, 3.63) is 18.0 Å². The van der Waals surface area contributed by atoms with Gasteiger partial charge in [-0.05, 0) is 30.7 Å². The van der Waals surface area contributed by atoms with Crippen molar-refractivity contribution < 1.29 is 23.0 Å². The number of anilines is 1. The molecule has 3 aliphatic rings. The third kappa shape index (κ3) is 3.52. The van der Waals surface area contributed by atoms with Crippen LogP contribution in [0.2, 0.25) is 0 Å². The molecule has 1 saturated carbocycles. The van der Waals surface area contributed by atoms with E-state index in [1.54, 1.807) is 0 Å². The molecular formula is C17H23F3N4O2. The molecule has 3 heterocycles. The van der Waals surface area contributed by atoms with Crippen molar-refractivity contribution in [3.63, 3.8) is 0 Å². The predicted molar refractivity (Wildman–Crippen MR) is 87.6 cm³/mol. The maximum Gasteiger partial charge on any atom is 0.433 e. The molecule has 0 aromatic carbocycles. The fourth-order valence-corrected chi connectivity index (χ4v) is 4.53. The first kappa shape index (κ1) is 17.9. The molecule has 0 unspecified atom stereocenters. The number of hydrogen-bond acceptors (Lipinski definition) is 6. The van der Waals surface area contributed by atoms with Crippen molar-refractivity contribution in [1.82, 2.24) is 14.9 Å². The van der Waals surface area contributed by atoms with E-state index in [1.807, 2.05) is 4.90 Å². The minimum Gasteiger partial charge on any atom is -0.391 e. The number of alkyl halides is 3. The molecule has 0 amide bonds. The predicted octanol–water partition coefficient (Wildman–Crippen LogP) is 1.40. The highest BCUT2D eigenvalue weighted by molar-refractivity contribution is 5.33. The van der Waals surface area contributed by atoms with Crippen LogP contribution in [0.3, 0.4) is 0 Å². The van der Waals surface area contributed by atoms with Crippen LogP contribution in [-0.2, 0) is 10.9 Å². The maximum absolute atomic E-state index is 12.9. The Kier molecular flexibility index (Phi) is 4.79. The number of ether oxygens (including phenoxy) is 1. The number of morpholine rings is 1. The number of aliphatic hydroxyl groups is 1. The average molecular weight is 372 g/mol. The van der Waals surface area contributed by atoms with Gasteiger partial charge in [0.15, 0.2) is 0 Å². The van der Waals surface area contributed by atoms with Crippen LogP contribution < -0.4 is 4.90 Å². The maximum atomic E-state index is 12.9. The van der Waals surface area contributed by atoms with E-state index in [0.29, 0.717) is 38.6 Å². The number of aromatic nitrogens is 2. The van der Waals surface area contributed by atoms with Gasteiger partial charge in [0.25, 0.3) is 0 Å². The lowest BCUT2D eigenvalue weighted by molar-refractivity contribution is -0.141. The summed E-state index contributed by atoms with van der Waals surface area (Å²) in [5.41, 5.74) is -0.913. The van der Waals surface area contributed by atoms with Crippen LogP contribution in [0.1, 0.15) is 18.5 Å². The van der Waals surface area contributed by atoms with Crippen LogP contribution in [0.4, 0.5) is 19.1 Å². The van der Waals surface area contributed by atoms with Gasteiger partial charge in [0.2, 0.25) is 5.95 Å². The molecule has 2 aliphatic heterocycles. The van der Waals surface area contributed by atoms with Crippen LogP contribution >= 0.6 is 0 Å². The Bertz CT molecular complexity index is 639. The minimum absolute atomic E-state index is 0.0996. The molecule has 1 aliphatic carbocycles. The topological polar surface area (TPSA) is 61.7 Å². The summed E-state index contributed by atoms with van der Waals surface area (Å²) in [5.74, 6) is 0.733. The van der Waals surface area contributed by atoms with E-state index in [-0.39, 0.29) is 17.9 Å². The fraction of sp³-hybridized carbons (Fsp3) is 0.765. The molecule has 1 aromatic heterocycles. The van der Waals surface area contributed by atoms with Crippen LogP contribution in [0.15, 0.2) is 12.3 Å². The van der Waals surface area contributed by atoms with Gasteiger partial charge in [0, 0.05) is 38.4 Å². The zero-order valence-electron chi connectivity index (χ0n) is 14.4. The number of aliphatic hydroxyl groups excluding tert-OH is 1. The second-order valence-corrected chi connectivity index (χ2v) is 7.42. The summed E-state index contributed by atoms with van der Waals surface area (Å²) in [6.07, 6.45) is -2.19. The third-order valence-electron chi connectivity index (χ3n) is 5.84. The second-order valence-electron chi connectivity index (χ2n) is 7.42. The Hall–Kier alpha value is -1.45. The molecule has 4 atom stereocenters. The smallest absolute Gasteiger partial charge is 0.391 e. The first-order valence-corrected chi connectivity index (χ1v) is 9.07. The van der Waals surface area contributed by atoms with Crippen molar-refractivity contribution in [3.8, 4) is 0 Å². The van der Waals surface area contributed by atoms with Crippen molar-refractivity contribution in [2.75, 3.05) is 44.3 Å². The SMILES string of the molecule is O[C@@H]1C[C@H]2CN(c3nccc(C(F)(F)F)n3)C[C@H]2C[C@H]1N1CCOCC1. The molecule has 6 nitrogen and oxygen atoms in total. The van der Waals surface area contributed by atoms with Gasteiger partial charge in [-0.3, -0.25) is 4.90 Å². The molecule has 1 aromatic rings. The molecule has 0 radical (unpaired) electrons. The van der Waals surface area contributed by atoms with E-state index in [9.17, 15) is 18.3 Å². The standard InChI is InChI=1S/C17H23F3N4O2/c18-17(19,20)15-1-2-21-16(22-15)24-9-11-7-13(14(25)8-12(11)10-24)23-3-5-26-6-4-23/h1-2,11-14,25H,3-10H2/t11-,12+,13-,14-/m1/s1. The second kappa shape index (κ2) is 6.94. The number of rotatable bonds is 2. The summed E-state index contributed by atoms with van der Waals surface area (Å²) in [6, 6.07) is 0.993. The molecule has 26 heavy (non-hydrogen) atoms. The van der Waals surface area contributed by atoms with E-state index >= 15 is 0 Å². The van der Waals surface area contributed by atoms with Gasteiger partial charge >= 0.3 is 6.18 Å². The van der Waals surface area contributed by atoms with E-state index < -0.39 is 18.0 Å². The highest BCUT2D eigenvalue weighted by Gasteiger charge is 2.44. The quantitative estimate of drug-likeness (QED) is 0.847. The van der Waals surface area contributed by atoms with Crippen molar-refractivity contribution in [2.24, 2.45) is 11.8 Å². The molecule has 0 spiro atoms. The summed E-state index contributed by atoms with van der Waals surface area (Å²) in [4.78, 5) is 11.9. The largest absolute Gasteiger partial charge is 0.433 e. The Morgan fingerprint density at radius 3 is 2.50 bits per heavy atom. The minimum atomic E-state index is -4.47. The normalized spacial score (nSPS) is 33.3. The van der Waals surface area contributed by atoms with Gasteiger partial charge in [-0.25, -0.2) is 9.97 Å². The Morgan fingerprint density at radius 2 is 1.81 bits per heavy atom. The molecule has 0 bridgehead atoms. The number of fused-ring (bicyclic) bond motifs is 1. The summed E-state index contributed by atoms with van der Waals surface area (Å²) in [6.45, 7) is 4.24. The summed E-state index contributed by atoms with van der Waals surface area (Å²) in [7, 11) is 0. The molecular weight excluding hydrogens is 349 g/mol. The number of hydrogen-bond donors (Lipinski definition) is 1. The van der Waals surface area contributed by atoms with Gasteiger partial charge in [-0.2, -0.15) is 13.2 Å². The Labute approximate surface area is 150 Å². The number of nitrogens with zero attached hydrogens (tertiary/aromatic N) is 4. The lowest BCUT2D eigenvalue weighted by Gasteiger charge is -2.43. The van der Waals surface area contributed by atoms with E-state index in [4.69, 9.17) is 4.74 Å². The zero-order chi connectivity index (χ0) is 18.3. The van der Waals surface area contributed by atoms with Crippen LogP contribution in [0, 0.1) is 11.8 Å². The Morgan fingerprint density at radius 1 is 1.12 bits per heavy atom. The monoisotopic (exact) mass is 372 g/mol. The Balaban J connectivity index is 1.46. The third-order valence-corrected chi connectivity index (χ3v) is 5.84. The lowest BCUT2D eigenvalue weighted by Crippen LogP contribution is -2.53. The zero-order valence-corrected chi connectivity index (χ0v) is 14.4. The van der Waals surface area contributed by atoms with Gasteiger partial charge < -0.3 is 14.7 Å². The first-order chi connectivity index (χ1) is 12.4. The lowest BCUT2D eigenvalue weighted by atomic mass is 9.77. The highest BCUT2D eigenvalue weighted by atomic mass is 19.4. The van der Waals surface area contributed by atoms with Crippen LogP contribution in [-0.4, -0.2) is 71.5 Å². The molecule has 4 rings (SSSR count). The molecule has 9 heteroatoms. The molecule has 144 valence electrons. The van der Waals surface area contributed by atoms with Crippen molar-refractivity contribution in [2.45, 2.75) is 31.2 Å². The van der Waals surface area contributed by atoms with E-state index in [0.717, 1.165) is 25.6 Å². The van der Waals surface area contributed by atoms with Crippen LogP contribution in [0.5, 0.6) is 0 Å². The summed E-state index contributed by atoms with van der Waals surface area (Å²) in [5, 5.41) is 10.6. The van der Waals surface area contributed by atoms with E-state index in [1.165, 1.54) is 6.20 Å². The van der Waals surface area contributed by atoms with Crippen LogP contribution in [0.25, 0.3) is 0 Å². The first-order valence-electron chi connectivity index (χ1n) is 9.07. The van der Waals surface area contributed by atoms with Crippen molar-refractivity contribution >= 4 is 5.95 Å². The van der Waals surface area contributed by atoms with Gasteiger partial charge in [-0.1, -0.05) is 0 Å². The summed E-state index contributed by atoms with van der Waals surface area (Å²) >= 11 is 0. The van der Waals surface area contributed by atoms with Gasteiger partial charge in [0.05, 0.1) is 19.3 Å². The van der Waals surface area contributed by atoms with Gasteiger partial charge in [0.1, 0.15) is 5.69 Å². The highest BCUT2D eigenvalue weighted by Crippen LogP contribution is 2.39. The summed E-state index contributed by atoms with van der Waals surface area (Å²) < 4.78 is 44.1.